The molecule has 0 aromatic carbocycles. The maximum atomic E-state index is 5.92. The van der Waals surface area contributed by atoms with Gasteiger partial charge in [-0.15, -0.1) is 0 Å². The molecule has 1 saturated heterocycles. The molecule has 1 fully saturated rings. The molecule has 0 N–H and O–H groups in total. The smallest absolute Gasteiger partial charge is 0.0599 e. The molecular weight excluding hydrogens is 236 g/mol. The van der Waals surface area contributed by atoms with Gasteiger partial charge in [0.25, 0.3) is 0 Å². The number of aromatic nitrogens is 1. The highest BCUT2D eigenvalue weighted by Gasteiger charge is 2.19. The van der Waals surface area contributed by atoms with E-state index in [1.165, 1.54) is 31.5 Å². The van der Waals surface area contributed by atoms with Crippen LogP contribution >= 0.6 is 0 Å². The van der Waals surface area contributed by atoms with Crippen molar-refractivity contribution in [1.82, 2.24) is 9.88 Å². The molecule has 1 aromatic heterocycles. The Kier molecular flexibility index (Phi) is 5.80. The van der Waals surface area contributed by atoms with E-state index in [4.69, 9.17) is 4.74 Å². The van der Waals surface area contributed by atoms with Crippen molar-refractivity contribution >= 4 is 0 Å². The molecule has 1 aliphatic rings. The molecule has 0 saturated carbocycles. The average molecular weight is 262 g/mol. The van der Waals surface area contributed by atoms with Gasteiger partial charge >= 0.3 is 0 Å². The van der Waals surface area contributed by atoms with Crippen LogP contribution in [0.15, 0.2) is 24.5 Å². The highest BCUT2D eigenvalue weighted by atomic mass is 16.5. The quantitative estimate of drug-likeness (QED) is 0.788. The Morgan fingerprint density at radius 2 is 1.95 bits per heavy atom. The van der Waals surface area contributed by atoms with E-state index in [9.17, 15) is 0 Å². The first kappa shape index (κ1) is 14.5. The van der Waals surface area contributed by atoms with Crippen LogP contribution in [0.1, 0.15) is 32.3 Å². The number of piperidine rings is 1. The number of hydrogen-bond donors (Lipinski definition) is 0. The Hall–Kier alpha value is -0.930. The second-order valence-electron chi connectivity index (χ2n) is 5.87. The number of ether oxygens (including phenoxy) is 1. The van der Waals surface area contributed by atoms with Crippen molar-refractivity contribution in [2.45, 2.75) is 39.2 Å². The summed E-state index contributed by atoms with van der Waals surface area (Å²) in [5.41, 5.74) is 1.38. The van der Waals surface area contributed by atoms with Crippen LogP contribution < -0.4 is 0 Å². The van der Waals surface area contributed by atoms with Crippen LogP contribution in [0.2, 0.25) is 0 Å². The molecule has 0 spiro atoms. The first-order valence-corrected chi connectivity index (χ1v) is 7.47. The monoisotopic (exact) mass is 262 g/mol. The van der Waals surface area contributed by atoms with E-state index in [1.807, 2.05) is 12.4 Å². The van der Waals surface area contributed by atoms with Gasteiger partial charge in [-0.1, -0.05) is 13.8 Å². The number of likely N-dealkylation sites (tertiary alicyclic amines) is 1. The van der Waals surface area contributed by atoms with Gasteiger partial charge in [-0.3, -0.25) is 4.98 Å². The lowest BCUT2D eigenvalue weighted by Gasteiger charge is -2.32. The van der Waals surface area contributed by atoms with Gasteiger partial charge in [-0.05, 0) is 42.9 Å². The van der Waals surface area contributed by atoms with E-state index in [1.54, 1.807) is 0 Å². The first-order chi connectivity index (χ1) is 9.24. The number of rotatable bonds is 6. The van der Waals surface area contributed by atoms with Crippen molar-refractivity contribution in [3.63, 3.8) is 0 Å². The molecule has 106 valence electrons. The lowest BCUT2D eigenvalue weighted by Crippen LogP contribution is -2.38. The number of hydrogen-bond acceptors (Lipinski definition) is 3. The Morgan fingerprint density at radius 1 is 1.26 bits per heavy atom. The van der Waals surface area contributed by atoms with E-state index in [2.05, 4.69) is 35.9 Å². The summed E-state index contributed by atoms with van der Waals surface area (Å²) in [6, 6.07) is 4.22. The normalized spacial score (nSPS) is 18.1. The molecule has 0 unspecified atom stereocenters. The maximum Gasteiger partial charge on any atom is 0.0599 e. The molecule has 1 aliphatic heterocycles. The number of pyridine rings is 1. The van der Waals surface area contributed by atoms with Gasteiger partial charge in [0.05, 0.1) is 6.10 Å². The molecule has 3 heteroatoms. The van der Waals surface area contributed by atoms with Crippen LogP contribution in [0.4, 0.5) is 0 Å². The van der Waals surface area contributed by atoms with Gasteiger partial charge in [-0.2, -0.15) is 0 Å². The molecule has 1 aromatic rings. The zero-order valence-corrected chi connectivity index (χ0v) is 12.2. The van der Waals surface area contributed by atoms with Crippen molar-refractivity contribution < 1.29 is 4.74 Å². The third-order valence-corrected chi connectivity index (χ3v) is 3.67. The Balaban J connectivity index is 1.63. The lowest BCUT2D eigenvalue weighted by molar-refractivity contribution is -0.00418. The largest absolute Gasteiger partial charge is 0.378 e. The Morgan fingerprint density at radius 3 is 2.58 bits per heavy atom. The second kappa shape index (κ2) is 7.61. The van der Waals surface area contributed by atoms with Gasteiger partial charge < -0.3 is 9.64 Å². The fourth-order valence-corrected chi connectivity index (χ4v) is 2.46. The number of nitrogens with zero attached hydrogens (tertiary/aromatic N) is 2. The fourth-order valence-electron chi connectivity index (χ4n) is 2.46. The van der Waals surface area contributed by atoms with Gasteiger partial charge in [0, 0.05) is 38.6 Å². The Labute approximate surface area is 117 Å². The SMILES string of the molecule is CC(C)COC1CCN(CCc2ccncc2)CC1. The second-order valence-corrected chi connectivity index (χ2v) is 5.87. The third kappa shape index (κ3) is 5.29. The summed E-state index contributed by atoms with van der Waals surface area (Å²) in [5.74, 6) is 0.643. The summed E-state index contributed by atoms with van der Waals surface area (Å²) in [6.07, 6.45) is 7.73. The highest BCUT2D eigenvalue weighted by molar-refractivity contribution is 5.09. The van der Waals surface area contributed by atoms with Gasteiger partial charge in [0.2, 0.25) is 0 Å². The van der Waals surface area contributed by atoms with Crippen LogP contribution in [0.25, 0.3) is 0 Å². The van der Waals surface area contributed by atoms with E-state index < -0.39 is 0 Å². The van der Waals surface area contributed by atoms with Crippen LogP contribution in [0.5, 0.6) is 0 Å². The standard InChI is InChI=1S/C16H26N2O/c1-14(2)13-19-16-6-11-18(12-7-16)10-5-15-3-8-17-9-4-15/h3-4,8-9,14,16H,5-7,10-13H2,1-2H3. The predicted molar refractivity (Wildman–Crippen MR) is 78.2 cm³/mol. The van der Waals surface area contributed by atoms with E-state index in [0.717, 1.165) is 19.6 Å². The summed E-state index contributed by atoms with van der Waals surface area (Å²) in [6.45, 7) is 8.83. The summed E-state index contributed by atoms with van der Waals surface area (Å²) in [4.78, 5) is 6.61. The lowest BCUT2D eigenvalue weighted by atomic mass is 10.1. The van der Waals surface area contributed by atoms with Crippen LogP contribution in [-0.4, -0.2) is 42.2 Å². The summed E-state index contributed by atoms with van der Waals surface area (Å²) in [5, 5.41) is 0. The Bertz CT molecular complexity index is 345. The van der Waals surface area contributed by atoms with Crippen molar-refractivity contribution in [3.8, 4) is 0 Å². The fraction of sp³-hybridized carbons (Fsp3) is 0.688. The van der Waals surface area contributed by atoms with Crippen molar-refractivity contribution in [2.75, 3.05) is 26.2 Å². The van der Waals surface area contributed by atoms with Crippen molar-refractivity contribution in [2.24, 2.45) is 5.92 Å². The van der Waals surface area contributed by atoms with E-state index in [-0.39, 0.29) is 0 Å². The minimum atomic E-state index is 0.486. The van der Waals surface area contributed by atoms with Gasteiger partial charge in [0.15, 0.2) is 0 Å². The van der Waals surface area contributed by atoms with Gasteiger partial charge in [-0.25, -0.2) is 0 Å². The highest BCUT2D eigenvalue weighted by Crippen LogP contribution is 2.15. The minimum Gasteiger partial charge on any atom is -0.378 e. The molecule has 2 heterocycles. The zero-order chi connectivity index (χ0) is 13.5. The molecule has 0 aliphatic carbocycles. The topological polar surface area (TPSA) is 25.4 Å². The van der Waals surface area contributed by atoms with Crippen molar-refractivity contribution in [1.29, 1.82) is 0 Å². The summed E-state index contributed by atoms with van der Waals surface area (Å²) in [7, 11) is 0. The van der Waals surface area contributed by atoms with Gasteiger partial charge in [0.1, 0.15) is 0 Å². The molecule has 0 amide bonds. The third-order valence-electron chi connectivity index (χ3n) is 3.67. The molecule has 19 heavy (non-hydrogen) atoms. The van der Waals surface area contributed by atoms with E-state index in [0.29, 0.717) is 12.0 Å². The molecule has 2 rings (SSSR count). The average Bonchev–Trinajstić information content (AvgIpc) is 2.45. The summed E-state index contributed by atoms with van der Waals surface area (Å²) >= 11 is 0. The summed E-state index contributed by atoms with van der Waals surface area (Å²) < 4.78 is 5.92. The zero-order valence-electron chi connectivity index (χ0n) is 12.2. The first-order valence-electron chi connectivity index (χ1n) is 7.47. The molecule has 0 radical (unpaired) electrons. The predicted octanol–water partition coefficient (Wildman–Crippen LogP) is 2.76. The maximum absolute atomic E-state index is 5.92. The molecular formula is C16H26N2O. The van der Waals surface area contributed by atoms with Crippen molar-refractivity contribution in [3.05, 3.63) is 30.1 Å². The van der Waals surface area contributed by atoms with Crippen LogP contribution in [0, 0.1) is 5.92 Å². The molecule has 3 nitrogen and oxygen atoms in total. The van der Waals surface area contributed by atoms with E-state index >= 15 is 0 Å². The van der Waals surface area contributed by atoms with Crippen LogP contribution in [0.3, 0.4) is 0 Å². The molecule has 0 bridgehead atoms. The van der Waals surface area contributed by atoms with Crippen LogP contribution in [-0.2, 0) is 11.2 Å². The minimum absolute atomic E-state index is 0.486. The molecule has 0 atom stereocenters.